The number of hydrogen-bond donors (Lipinski definition) is 1. The van der Waals surface area contributed by atoms with E-state index in [1.165, 1.54) is 5.56 Å². The molecule has 0 atom stereocenters. The van der Waals surface area contributed by atoms with Crippen LogP contribution in [0.4, 0.5) is 5.69 Å². The molecule has 0 bridgehead atoms. The standard InChI is InChI=1S/C14H20N2O2/c1-4-12-6-5-11(2)13(9-12)16(10-17)8-7-14(18)15-3/h5-6,9-10H,4,7-8H2,1-3H3,(H,15,18). The number of hydrogen-bond acceptors (Lipinski definition) is 2. The van der Waals surface area contributed by atoms with Gasteiger partial charge in [0.05, 0.1) is 0 Å². The summed E-state index contributed by atoms with van der Waals surface area (Å²) in [4.78, 5) is 24.0. The second-order valence-electron chi connectivity index (χ2n) is 4.20. The zero-order chi connectivity index (χ0) is 13.5. The lowest BCUT2D eigenvalue weighted by atomic mass is 10.1. The van der Waals surface area contributed by atoms with Crippen LogP contribution in [0.25, 0.3) is 0 Å². The third kappa shape index (κ3) is 3.58. The van der Waals surface area contributed by atoms with Gasteiger partial charge in [-0.05, 0) is 30.5 Å². The smallest absolute Gasteiger partial charge is 0.221 e. The van der Waals surface area contributed by atoms with Crippen molar-refractivity contribution in [1.29, 1.82) is 0 Å². The van der Waals surface area contributed by atoms with Gasteiger partial charge < -0.3 is 10.2 Å². The fourth-order valence-corrected chi connectivity index (χ4v) is 1.76. The molecule has 1 rings (SSSR count). The average molecular weight is 248 g/mol. The maximum absolute atomic E-state index is 11.2. The van der Waals surface area contributed by atoms with E-state index in [0.717, 1.165) is 24.1 Å². The van der Waals surface area contributed by atoms with Crippen molar-refractivity contribution in [3.05, 3.63) is 29.3 Å². The van der Waals surface area contributed by atoms with Gasteiger partial charge in [0.2, 0.25) is 12.3 Å². The van der Waals surface area contributed by atoms with Crippen molar-refractivity contribution in [2.24, 2.45) is 0 Å². The molecular weight excluding hydrogens is 228 g/mol. The summed E-state index contributed by atoms with van der Waals surface area (Å²) in [5, 5.41) is 2.55. The molecule has 0 fully saturated rings. The zero-order valence-electron chi connectivity index (χ0n) is 11.2. The van der Waals surface area contributed by atoms with Crippen molar-refractivity contribution in [1.82, 2.24) is 5.32 Å². The highest BCUT2D eigenvalue weighted by molar-refractivity contribution is 5.81. The lowest BCUT2D eigenvalue weighted by Gasteiger charge is -2.20. The predicted molar refractivity (Wildman–Crippen MR) is 72.7 cm³/mol. The van der Waals surface area contributed by atoms with Crippen LogP contribution in [0.1, 0.15) is 24.5 Å². The van der Waals surface area contributed by atoms with Crippen LogP contribution >= 0.6 is 0 Å². The van der Waals surface area contributed by atoms with Crippen molar-refractivity contribution < 1.29 is 9.59 Å². The van der Waals surface area contributed by atoms with Crippen LogP contribution in [0.2, 0.25) is 0 Å². The monoisotopic (exact) mass is 248 g/mol. The van der Waals surface area contributed by atoms with Gasteiger partial charge in [-0.2, -0.15) is 0 Å². The minimum atomic E-state index is -0.0638. The Balaban J connectivity index is 2.87. The molecule has 0 saturated carbocycles. The normalized spacial score (nSPS) is 9.94. The molecule has 1 N–H and O–H groups in total. The Kier molecular flexibility index (Phi) is 5.36. The number of carbonyl (C=O) groups is 2. The lowest BCUT2D eigenvalue weighted by Crippen LogP contribution is -2.28. The van der Waals surface area contributed by atoms with Crippen LogP contribution in [-0.2, 0) is 16.0 Å². The van der Waals surface area contributed by atoms with E-state index in [-0.39, 0.29) is 5.91 Å². The molecule has 0 aliphatic heterocycles. The quantitative estimate of drug-likeness (QED) is 0.778. The summed E-state index contributed by atoms with van der Waals surface area (Å²) >= 11 is 0. The van der Waals surface area contributed by atoms with E-state index in [4.69, 9.17) is 0 Å². The molecule has 1 aromatic rings. The summed E-state index contributed by atoms with van der Waals surface area (Å²) in [5.74, 6) is -0.0638. The van der Waals surface area contributed by atoms with Gasteiger partial charge in [-0.1, -0.05) is 19.1 Å². The number of aryl methyl sites for hydroxylation is 2. The van der Waals surface area contributed by atoms with E-state index in [0.29, 0.717) is 13.0 Å². The first-order valence-electron chi connectivity index (χ1n) is 6.14. The molecule has 0 radical (unpaired) electrons. The number of amides is 2. The van der Waals surface area contributed by atoms with E-state index in [1.54, 1.807) is 11.9 Å². The van der Waals surface area contributed by atoms with E-state index in [9.17, 15) is 9.59 Å². The summed E-state index contributed by atoms with van der Waals surface area (Å²) in [5.41, 5.74) is 3.10. The van der Waals surface area contributed by atoms with Crippen molar-refractivity contribution in [3.8, 4) is 0 Å². The first-order chi connectivity index (χ1) is 8.62. The Labute approximate surface area is 108 Å². The molecule has 0 spiro atoms. The first kappa shape index (κ1) is 14.2. The summed E-state index contributed by atoms with van der Waals surface area (Å²) in [6.45, 7) is 4.44. The number of carbonyl (C=O) groups excluding carboxylic acids is 2. The minimum absolute atomic E-state index is 0.0638. The Bertz CT molecular complexity index is 430. The Morgan fingerprint density at radius 2 is 2.17 bits per heavy atom. The average Bonchev–Trinajstić information content (AvgIpc) is 2.40. The van der Waals surface area contributed by atoms with Gasteiger partial charge in [-0.15, -0.1) is 0 Å². The third-order valence-corrected chi connectivity index (χ3v) is 2.98. The SMILES string of the molecule is CCc1ccc(C)c(N(C=O)CCC(=O)NC)c1. The van der Waals surface area contributed by atoms with Crippen LogP contribution in [0.3, 0.4) is 0 Å². The van der Waals surface area contributed by atoms with E-state index in [2.05, 4.69) is 18.3 Å². The molecule has 0 saturated heterocycles. The van der Waals surface area contributed by atoms with Crippen LogP contribution < -0.4 is 10.2 Å². The molecular formula is C14H20N2O2. The molecule has 0 heterocycles. The highest BCUT2D eigenvalue weighted by Gasteiger charge is 2.10. The number of benzene rings is 1. The minimum Gasteiger partial charge on any atom is -0.359 e. The fourth-order valence-electron chi connectivity index (χ4n) is 1.76. The van der Waals surface area contributed by atoms with E-state index >= 15 is 0 Å². The summed E-state index contributed by atoms with van der Waals surface area (Å²) in [7, 11) is 1.59. The highest BCUT2D eigenvalue weighted by Crippen LogP contribution is 2.21. The Morgan fingerprint density at radius 1 is 1.44 bits per heavy atom. The van der Waals surface area contributed by atoms with Crippen LogP contribution in [-0.4, -0.2) is 25.9 Å². The molecule has 0 aliphatic carbocycles. The maximum atomic E-state index is 11.2. The number of rotatable bonds is 6. The summed E-state index contributed by atoms with van der Waals surface area (Å²) < 4.78 is 0. The van der Waals surface area contributed by atoms with Gasteiger partial charge in [-0.3, -0.25) is 9.59 Å². The number of anilines is 1. The largest absolute Gasteiger partial charge is 0.359 e. The van der Waals surface area contributed by atoms with Gasteiger partial charge >= 0.3 is 0 Å². The molecule has 0 aliphatic rings. The predicted octanol–water partition coefficient (Wildman–Crippen LogP) is 1.66. The van der Waals surface area contributed by atoms with Gasteiger partial charge in [-0.25, -0.2) is 0 Å². The Morgan fingerprint density at radius 3 is 2.72 bits per heavy atom. The van der Waals surface area contributed by atoms with Gasteiger partial charge in [0, 0.05) is 25.7 Å². The van der Waals surface area contributed by atoms with Crippen LogP contribution in [0.5, 0.6) is 0 Å². The van der Waals surface area contributed by atoms with Gasteiger partial charge in [0.15, 0.2) is 0 Å². The first-order valence-corrected chi connectivity index (χ1v) is 6.14. The molecule has 98 valence electrons. The summed E-state index contributed by atoms with van der Waals surface area (Å²) in [6, 6.07) is 6.07. The van der Waals surface area contributed by atoms with Crippen molar-refractivity contribution in [2.75, 3.05) is 18.5 Å². The van der Waals surface area contributed by atoms with Crippen molar-refractivity contribution in [3.63, 3.8) is 0 Å². The molecule has 18 heavy (non-hydrogen) atoms. The van der Waals surface area contributed by atoms with Crippen molar-refractivity contribution >= 4 is 18.0 Å². The van der Waals surface area contributed by atoms with Crippen molar-refractivity contribution in [2.45, 2.75) is 26.7 Å². The summed E-state index contributed by atoms with van der Waals surface area (Å²) in [6.07, 6.45) is 2.02. The van der Waals surface area contributed by atoms with Gasteiger partial charge in [0.25, 0.3) is 0 Å². The van der Waals surface area contributed by atoms with E-state index < -0.39 is 0 Å². The second kappa shape index (κ2) is 6.79. The third-order valence-electron chi connectivity index (χ3n) is 2.98. The highest BCUT2D eigenvalue weighted by atomic mass is 16.2. The lowest BCUT2D eigenvalue weighted by molar-refractivity contribution is -0.120. The molecule has 0 unspecified atom stereocenters. The molecule has 2 amide bonds. The fraction of sp³-hybridized carbons (Fsp3) is 0.429. The zero-order valence-corrected chi connectivity index (χ0v) is 11.2. The molecule has 0 aromatic heterocycles. The van der Waals surface area contributed by atoms with Crippen LogP contribution in [0.15, 0.2) is 18.2 Å². The number of nitrogens with one attached hydrogen (secondary N) is 1. The number of nitrogens with zero attached hydrogens (tertiary/aromatic N) is 1. The molecule has 4 heteroatoms. The van der Waals surface area contributed by atoms with Gasteiger partial charge in [0.1, 0.15) is 0 Å². The topological polar surface area (TPSA) is 49.4 Å². The maximum Gasteiger partial charge on any atom is 0.221 e. The molecule has 4 nitrogen and oxygen atoms in total. The van der Waals surface area contributed by atoms with Crippen LogP contribution in [0, 0.1) is 6.92 Å². The van der Waals surface area contributed by atoms with E-state index in [1.807, 2.05) is 19.1 Å². The second-order valence-corrected chi connectivity index (χ2v) is 4.20. The molecule has 1 aromatic carbocycles. The Hall–Kier alpha value is -1.84.